The van der Waals surface area contributed by atoms with E-state index in [2.05, 4.69) is 19.9 Å². The van der Waals surface area contributed by atoms with Crippen molar-refractivity contribution in [2.45, 2.75) is 0 Å². The summed E-state index contributed by atoms with van der Waals surface area (Å²) in [5, 5.41) is 0. The molecule has 0 unspecified atom stereocenters. The maximum atomic E-state index is 11.7. The zero-order valence-electron chi connectivity index (χ0n) is 12.6. The third kappa shape index (κ3) is 3.58. The first-order valence-corrected chi connectivity index (χ1v) is 6.70. The Kier molecular flexibility index (Phi) is 5.15. The van der Waals surface area contributed by atoms with E-state index in [0.717, 1.165) is 0 Å². The normalized spacial score (nSPS) is 12.1. The fourth-order valence-corrected chi connectivity index (χ4v) is 1.89. The van der Waals surface area contributed by atoms with E-state index >= 15 is 0 Å². The minimum atomic E-state index is -0.649. The molecule has 0 fully saturated rings. The third-order valence-corrected chi connectivity index (χ3v) is 3.01. The molecule has 0 aliphatic heterocycles. The first kappa shape index (κ1) is 16.3. The smallest absolute Gasteiger partial charge is 0.251 e. The van der Waals surface area contributed by atoms with Crippen molar-refractivity contribution in [3.63, 3.8) is 0 Å². The molecule has 2 aromatic rings. The molecule has 0 atom stereocenters. The molecule has 2 rings (SSSR count). The van der Waals surface area contributed by atoms with E-state index in [1.807, 2.05) is 0 Å². The number of primary amides is 1. The average molecular weight is 315 g/mol. The highest BCUT2D eigenvalue weighted by molar-refractivity contribution is 6.12. The van der Waals surface area contributed by atoms with Crippen molar-refractivity contribution >= 4 is 34.5 Å². The van der Waals surface area contributed by atoms with Crippen molar-refractivity contribution in [3.8, 4) is 0 Å². The number of hydrogen-bond acceptors (Lipinski definition) is 8. The van der Waals surface area contributed by atoms with Gasteiger partial charge in [-0.15, -0.1) is 0 Å². The van der Waals surface area contributed by atoms with Gasteiger partial charge in [0.05, 0.1) is 24.4 Å². The number of nitrogens with two attached hydrogens (primary N) is 3. The summed E-state index contributed by atoms with van der Waals surface area (Å²) in [4.78, 5) is 28.1. The van der Waals surface area contributed by atoms with Gasteiger partial charge < -0.3 is 21.9 Å². The Balaban J connectivity index is 2.54. The van der Waals surface area contributed by atoms with E-state index in [4.69, 9.17) is 21.9 Å². The van der Waals surface area contributed by atoms with Crippen LogP contribution in [0.2, 0.25) is 0 Å². The van der Waals surface area contributed by atoms with Gasteiger partial charge in [-0.1, -0.05) is 0 Å². The van der Waals surface area contributed by atoms with Crippen molar-refractivity contribution in [2.24, 2.45) is 16.5 Å². The number of pyridine rings is 1. The van der Waals surface area contributed by atoms with Gasteiger partial charge in [0.1, 0.15) is 17.4 Å². The summed E-state index contributed by atoms with van der Waals surface area (Å²) in [5.41, 5.74) is 18.5. The lowest BCUT2D eigenvalue weighted by atomic mass is 10.1. The average Bonchev–Trinajstić information content (AvgIpc) is 2.54. The number of allylic oxidation sites excluding steroid dienone is 1. The maximum Gasteiger partial charge on any atom is 0.251 e. The van der Waals surface area contributed by atoms with E-state index < -0.39 is 5.91 Å². The lowest BCUT2D eigenvalue weighted by Gasteiger charge is -2.08. The summed E-state index contributed by atoms with van der Waals surface area (Å²) in [7, 11) is 1.59. The molecule has 2 aromatic heterocycles. The minimum absolute atomic E-state index is 0.145. The number of amides is 1. The number of ether oxygens (including phenoxy) is 1. The number of hydrogen-bond donors (Lipinski definition) is 3. The van der Waals surface area contributed by atoms with Crippen LogP contribution in [0.5, 0.6) is 0 Å². The number of nitrogens with zero attached hydrogens (tertiary/aromatic N) is 4. The van der Waals surface area contributed by atoms with Gasteiger partial charge in [0.15, 0.2) is 5.82 Å². The van der Waals surface area contributed by atoms with Crippen LogP contribution in [0.25, 0.3) is 16.6 Å². The van der Waals surface area contributed by atoms with Crippen LogP contribution in [0.1, 0.15) is 16.1 Å². The summed E-state index contributed by atoms with van der Waals surface area (Å²) < 4.78 is 4.91. The molecule has 0 bridgehead atoms. The standard InChI is InChI=1S/C14H17N7O2/c1-23-3-2-18-6-8(5-15)10-4-9(14(17)22)11-12(21-10)13(16)20-7-19-11/h4-7H,2-3,15H2,1H3,(H2,17,22)(H2,16,19,20)/b8-5+,18-6?. The first-order valence-electron chi connectivity index (χ1n) is 6.70. The van der Waals surface area contributed by atoms with Crippen molar-refractivity contribution in [3.05, 3.63) is 29.9 Å². The molecule has 2 heterocycles. The molecule has 9 nitrogen and oxygen atoms in total. The summed E-state index contributed by atoms with van der Waals surface area (Å²) in [6, 6.07) is 1.50. The van der Waals surface area contributed by atoms with Crippen molar-refractivity contribution in [2.75, 3.05) is 26.0 Å². The van der Waals surface area contributed by atoms with Crippen molar-refractivity contribution < 1.29 is 9.53 Å². The summed E-state index contributed by atoms with van der Waals surface area (Å²) in [6.45, 7) is 0.947. The molecule has 0 spiro atoms. The molecular formula is C14H17N7O2. The molecule has 9 heteroatoms. The molecule has 0 saturated heterocycles. The van der Waals surface area contributed by atoms with Crippen LogP contribution in [-0.4, -0.2) is 47.3 Å². The minimum Gasteiger partial charge on any atom is -0.404 e. The van der Waals surface area contributed by atoms with E-state index in [1.54, 1.807) is 7.11 Å². The SMILES string of the molecule is COCCN=C/C(=C\N)c1cc(C(N)=O)c2ncnc(N)c2n1. The van der Waals surface area contributed by atoms with Gasteiger partial charge in [-0.3, -0.25) is 9.79 Å². The van der Waals surface area contributed by atoms with Crippen LogP contribution in [-0.2, 0) is 4.74 Å². The lowest BCUT2D eigenvalue weighted by molar-refractivity contribution is 0.100. The molecule has 1 amide bonds. The molecule has 0 radical (unpaired) electrons. The Morgan fingerprint density at radius 1 is 1.39 bits per heavy atom. The van der Waals surface area contributed by atoms with Gasteiger partial charge >= 0.3 is 0 Å². The van der Waals surface area contributed by atoms with Crippen LogP contribution < -0.4 is 17.2 Å². The quantitative estimate of drug-likeness (QED) is 0.489. The van der Waals surface area contributed by atoms with E-state index in [0.29, 0.717) is 29.9 Å². The zero-order valence-corrected chi connectivity index (χ0v) is 12.6. The second-order valence-electron chi connectivity index (χ2n) is 4.53. The number of carbonyl (C=O) groups is 1. The largest absolute Gasteiger partial charge is 0.404 e. The molecule has 0 aliphatic rings. The second-order valence-corrected chi connectivity index (χ2v) is 4.53. The Labute approximate surface area is 132 Å². The van der Waals surface area contributed by atoms with Gasteiger partial charge in [0, 0.05) is 25.1 Å². The van der Waals surface area contributed by atoms with Crippen molar-refractivity contribution in [1.29, 1.82) is 0 Å². The fourth-order valence-electron chi connectivity index (χ4n) is 1.89. The van der Waals surface area contributed by atoms with Crippen LogP contribution in [0.3, 0.4) is 0 Å². The summed E-state index contributed by atoms with van der Waals surface area (Å²) >= 11 is 0. The second kappa shape index (κ2) is 7.27. The molecule has 0 aromatic carbocycles. The lowest BCUT2D eigenvalue weighted by Crippen LogP contribution is -2.14. The maximum absolute atomic E-state index is 11.7. The van der Waals surface area contributed by atoms with E-state index in [-0.39, 0.29) is 16.9 Å². The molecule has 6 N–H and O–H groups in total. The van der Waals surface area contributed by atoms with Gasteiger partial charge in [-0.05, 0) is 6.07 Å². The predicted molar refractivity (Wildman–Crippen MR) is 87.7 cm³/mol. The molecule has 120 valence electrons. The van der Waals surface area contributed by atoms with E-state index in [1.165, 1.54) is 24.8 Å². The Bertz CT molecular complexity index is 786. The number of rotatable bonds is 6. The fraction of sp³-hybridized carbons (Fsp3) is 0.214. The molecule has 23 heavy (non-hydrogen) atoms. The van der Waals surface area contributed by atoms with Crippen LogP contribution in [0.15, 0.2) is 23.6 Å². The van der Waals surface area contributed by atoms with Gasteiger partial charge in [-0.2, -0.15) is 0 Å². The van der Waals surface area contributed by atoms with Gasteiger partial charge in [0.2, 0.25) is 0 Å². The number of nitrogen functional groups attached to an aromatic ring is 1. The third-order valence-electron chi connectivity index (χ3n) is 3.01. The molecule has 0 saturated carbocycles. The van der Waals surface area contributed by atoms with Gasteiger partial charge in [-0.25, -0.2) is 15.0 Å². The van der Waals surface area contributed by atoms with Crippen LogP contribution in [0, 0.1) is 0 Å². The summed E-state index contributed by atoms with van der Waals surface area (Å²) in [6.07, 6.45) is 4.12. The zero-order chi connectivity index (χ0) is 16.8. The Morgan fingerprint density at radius 3 is 2.83 bits per heavy atom. The monoisotopic (exact) mass is 315 g/mol. The summed E-state index contributed by atoms with van der Waals surface area (Å²) in [5.74, 6) is -0.503. The van der Waals surface area contributed by atoms with E-state index in [9.17, 15) is 4.79 Å². The molecule has 0 aliphatic carbocycles. The van der Waals surface area contributed by atoms with Crippen LogP contribution in [0.4, 0.5) is 5.82 Å². The number of aliphatic imine (C=N–C) groups is 1. The highest BCUT2D eigenvalue weighted by Crippen LogP contribution is 2.22. The Hall–Kier alpha value is -3.07. The first-order chi connectivity index (χ1) is 11.1. The van der Waals surface area contributed by atoms with Crippen molar-refractivity contribution in [1.82, 2.24) is 15.0 Å². The molecular weight excluding hydrogens is 298 g/mol. The highest BCUT2D eigenvalue weighted by atomic mass is 16.5. The number of anilines is 1. The topological polar surface area (TPSA) is 155 Å². The number of aromatic nitrogens is 3. The number of methoxy groups -OCH3 is 1. The van der Waals surface area contributed by atoms with Gasteiger partial charge in [0.25, 0.3) is 5.91 Å². The van der Waals surface area contributed by atoms with Crippen LogP contribution >= 0.6 is 0 Å². The predicted octanol–water partition coefficient (Wildman–Crippen LogP) is -0.277. The Morgan fingerprint density at radius 2 is 2.17 bits per heavy atom. The number of fused-ring (bicyclic) bond motifs is 1. The highest BCUT2D eigenvalue weighted by Gasteiger charge is 2.15. The number of carbonyl (C=O) groups excluding carboxylic acids is 1.